The van der Waals surface area contributed by atoms with Gasteiger partial charge in [-0.1, -0.05) is 188 Å². The summed E-state index contributed by atoms with van der Waals surface area (Å²) in [5.41, 5.74) is 14.1. The quantitative estimate of drug-likeness (QED) is 0.160. The highest BCUT2D eigenvalue weighted by Gasteiger charge is 2.23. The molecule has 0 aliphatic rings. The van der Waals surface area contributed by atoms with Crippen molar-refractivity contribution in [2.45, 2.75) is 0 Å². The molecule has 0 N–H and O–H groups in total. The van der Waals surface area contributed by atoms with E-state index in [9.17, 15) is 0 Å². The Kier molecular flexibility index (Phi) is 9.37. The summed E-state index contributed by atoms with van der Waals surface area (Å²) in [5, 5.41) is 9.47. The third kappa shape index (κ3) is 6.65. The van der Waals surface area contributed by atoms with Gasteiger partial charge in [-0.05, 0) is 93.7 Å². The van der Waals surface area contributed by atoms with Crippen molar-refractivity contribution in [1.82, 2.24) is 24.1 Å². The van der Waals surface area contributed by atoms with Crippen LogP contribution < -0.4 is 0 Å². The zero-order chi connectivity index (χ0) is 48.0. The van der Waals surface area contributed by atoms with Gasteiger partial charge < -0.3 is 9.13 Å². The van der Waals surface area contributed by atoms with E-state index >= 15 is 0 Å². The van der Waals surface area contributed by atoms with E-state index < -0.39 is 0 Å². The van der Waals surface area contributed by atoms with Crippen LogP contribution in [0, 0.1) is 0 Å². The molecule has 15 rings (SSSR count). The minimum absolute atomic E-state index is 0.618. The maximum Gasteiger partial charge on any atom is 0.164 e. The van der Waals surface area contributed by atoms with Crippen LogP contribution in [0.2, 0.25) is 0 Å². The molecule has 0 spiro atoms. The molecular weight excluding hydrogens is 907 g/mol. The van der Waals surface area contributed by atoms with Crippen LogP contribution in [0.1, 0.15) is 0 Å². The van der Waals surface area contributed by atoms with Crippen molar-refractivity contribution in [1.29, 1.82) is 0 Å². The van der Waals surface area contributed by atoms with Crippen molar-refractivity contribution < 1.29 is 0 Å². The molecule has 340 valence electrons. The Morgan fingerprint density at radius 2 is 0.877 bits per heavy atom. The monoisotopic (exact) mass is 947 g/mol. The highest BCUT2D eigenvalue weighted by atomic mass is 32.1. The van der Waals surface area contributed by atoms with Gasteiger partial charge in [0.2, 0.25) is 0 Å². The number of rotatable bonds is 7. The van der Waals surface area contributed by atoms with Crippen LogP contribution in [-0.4, -0.2) is 24.1 Å². The fourth-order valence-electron chi connectivity index (χ4n) is 11.3. The number of nitrogens with zero attached hydrogens (tertiary/aromatic N) is 5. The molecule has 6 heteroatoms. The summed E-state index contributed by atoms with van der Waals surface area (Å²) in [4.78, 5) is 16.2. The van der Waals surface area contributed by atoms with E-state index in [0.29, 0.717) is 17.5 Å². The molecule has 73 heavy (non-hydrogen) atoms. The van der Waals surface area contributed by atoms with Crippen molar-refractivity contribution >= 4 is 85.9 Å². The van der Waals surface area contributed by atoms with Crippen molar-refractivity contribution in [3.05, 3.63) is 249 Å². The van der Waals surface area contributed by atoms with E-state index in [4.69, 9.17) is 15.0 Å². The number of fused-ring (bicyclic) bond motifs is 10. The van der Waals surface area contributed by atoms with Gasteiger partial charge in [-0.3, -0.25) is 0 Å². The smallest absolute Gasteiger partial charge is 0.164 e. The predicted octanol–water partition coefficient (Wildman–Crippen LogP) is 17.9. The third-order valence-corrected chi connectivity index (χ3v) is 15.7. The second-order valence-electron chi connectivity index (χ2n) is 18.7. The van der Waals surface area contributed by atoms with Gasteiger partial charge in [0.05, 0.1) is 27.8 Å². The summed E-state index contributed by atoms with van der Waals surface area (Å²) < 4.78 is 7.38. The Labute approximate surface area is 424 Å². The number of benzene rings is 11. The van der Waals surface area contributed by atoms with Gasteiger partial charge in [-0.15, -0.1) is 11.3 Å². The van der Waals surface area contributed by atoms with Crippen molar-refractivity contribution in [3.63, 3.8) is 0 Å². The molecule has 0 unspecified atom stereocenters. The third-order valence-electron chi connectivity index (χ3n) is 14.6. The molecule has 0 fully saturated rings. The van der Waals surface area contributed by atoms with E-state index in [1.807, 2.05) is 11.3 Å². The highest BCUT2D eigenvalue weighted by molar-refractivity contribution is 7.25. The molecule has 0 amide bonds. The molecule has 4 aromatic heterocycles. The molecule has 11 aromatic carbocycles. The highest BCUT2D eigenvalue weighted by Crippen LogP contribution is 2.43. The predicted molar refractivity (Wildman–Crippen MR) is 306 cm³/mol. The summed E-state index contributed by atoms with van der Waals surface area (Å²) in [6.45, 7) is 0. The Hall–Kier alpha value is -9.49. The summed E-state index contributed by atoms with van der Waals surface area (Å²) >= 11 is 1.81. The zero-order valence-corrected chi connectivity index (χ0v) is 40.1. The van der Waals surface area contributed by atoms with Crippen LogP contribution in [0.4, 0.5) is 0 Å². The van der Waals surface area contributed by atoms with Crippen molar-refractivity contribution in [2.24, 2.45) is 0 Å². The fraction of sp³-hybridized carbons (Fsp3) is 0. The van der Waals surface area contributed by atoms with E-state index in [1.165, 1.54) is 58.4 Å². The van der Waals surface area contributed by atoms with Crippen LogP contribution in [0.25, 0.3) is 142 Å². The number of hydrogen-bond donors (Lipinski definition) is 0. The summed E-state index contributed by atoms with van der Waals surface area (Å²) in [6, 6.07) is 89.3. The first-order chi connectivity index (χ1) is 36.2. The van der Waals surface area contributed by atoms with Crippen LogP contribution in [0.5, 0.6) is 0 Å². The first kappa shape index (κ1) is 41.3. The lowest BCUT2D eigenvalue weighted by atomic mass is 9.97. The lowest BCUT2D eigenvalue weighted by Crippen LogP contribution is -2.01. The minimum Gasteiger partial charge on any atom is -0.307 e. The molecule has 0 aliphatic heterocycles. The largest absolute Gasteiger partial charge is 0.307 e. The average Bonchev–Trinajstić information content (AvgIpc) is 4.13. The number of para-hydroxylation sites is 3. The SMILES string of the molecule is c1ccc(-c2cccc(-n3c4ccccc4c4cccc(-n5c6ccccc6c6c(-c7nc(-c8ccc(-c9cccc%10ccccc9%10)cc8)nc(-c8ccc9sc%10ccccc%10c9c8)n7)cccc65)c43)c2)cc1. The lowest BCUT2D eigenvalue weighted by Gasteiger charge is -2.15. The molecule has 5 nitrogen and oxygen atoms in total. The molecule has 0 saturated carbocycles. The number of thiophene rings is 1. The second-order valence-corrected chi connectivity index (χ2v) is 19.8. The van der Waals surface area contributed by atoms with Gasteiger partial charge in [-0.2, -0.15) is 0 Å². The Morgan fingerprint density at radius 3 is 1.74 bits per heavy atom. The summed E-state index contributed by atoms with van der Waals surface area (Å²) in [7, 11) is 0. The zero-order valence-electron chi connectivity index (χ0n) is 39.3. The van der Waals surface area contributed by atoms with Gasteiger partial charge in [0.15, 0.2) is 17.5 Å². The van der Waals surface area contributed by atoms with Gasteiger partial charge in [0.25, 0.3) is 0 Å². The van der Waals surface area contributed by atoms with Gasteiger partial charge in [-0.25, -0.2) is 15.0 Å². The fourth-order valence-corrected chi connectivity index (χ4v) is 12.4. The number of aromatic nitrogens is 5. The van der Waals surface area contributed by atoms with Crippen molar-refractivity contribution in [3.8, 4) is 67.8 Å². The first-order valence-electron chi connectivity index (χ1n) is 24.7. The normalized spacial score (nSPS) is 11.8. The maximum atomic E-state index is 5.44. The summed E-state index contributed by atoms with van der Waals surface area (Å²) in [5.74, 6) is 1.86. The van der Waals surface area contributed by atoms with Crippen LogP contribution in [-0.2, 0) is 0 Å². The molecule has 0 atom stereocenters. The Bertz CT molecular complexity index is 4670. The van der Waals surface area contributed by atoms with Gasteiger partial charge >= 0.3 is 0 Å². The standard InChI is InChI=1S/C67H41N5S/c1-2-16-42(17-3-1)46-20-12-21-48(40-46)71-57-29-9-6-23-51(57)53-27-14-32-60(64(53)71)72-58-30-10-7-25-54(58)63-55(28-15-31-59(63)72)67-69-65(45-36-34-44(35-37-45)50-26-13-19-43-18-4-5-22-49(43)50)68-66(70-67)47-38-39-62-56(41-47)52-24-8-11-33-61(52)73-62/h1-41H. The average molecular weight is 948 g/mol. The minimum atomic E-state index is 0.618. The molecule has 0 saturated heterocycles. The number of hydrogen-bond acceptors (Lipinski definition) is 4. The Balaban J connectivity index is 0.955. The molecule has 4 heterocycles. The van der Waals surface area contributed by atoms with Crippen LogP contribution >= 0.6 is 11.3 Å². The molecule has 15 aromatic rings. The van der Waals surface area contributed by atoms with E-state index in [-0.39, 0.29) is 0 Å². The lowest BCUT2D eigenvalue weighted by molar-refractivity contribution is 1.08. The van der Waals surface area contributed by atoms with E-state index in [1.54, 1.807) is 0 Å². The van der Waals surface area contributed by atoms with Gasteiger partial charge in [0, 0.05) is 64.1 Å². The van der Waals surface area contributed by atoms with Crippen molar-refractivity contribution in [2.75, 3.05) is 0 Å². The molecular formula is C67H41N5S. The summed E-state index contributed by atoms with van der Waals surface area (Å²) in [6.07, 6.45) is 0. The topological polar surface area (TPSA) is 48.5 Å². The second kappa shape index (κ2) is 16.6. The van der Waals surface area contributed by atoms with Gasteiger partial charge in [0.1, 0.15) is 0 Å². The van der Waals surface area contributed by atoms with E-state index in [0.717, 1.165) is 66.5 Å². The maximum absolute atomic E-state index is 5.44. The Morgan fingerprint density at radius 1 is 0.301 bits per heavy atom. The molecule has 0 radical (unpaired) electrons. The van der Waals surface area contributed by atoms with Crippen LogP contribution in [0.3, 0.4) is 0 Å². The molecule has 0 bridgehead atoms. The first-order valence-corrected chi connectivity index (χ1v) is 25.5. The van der Waals surface area contributed by atoms with E-state index in [2.05, 4.69) is 258 Å². The molecule has 0 aliphatic carbocycles. The van der Waals surface area contributed by atoms with Crippen LogP contribution in [0.15, 0.2) is 249 Å².